The van der Waals surface area contributed by atoms with Crippen molar-refractivity contribution < 1.29 is 4.39 Å². The van der Waals surface area contributed by atoms with E-state index < -0.39 is 0 Å². The highest BCUT2D eigenvalue weighted by Crippen LogP contribution is 2.24. The van der Waals surface area contributed by atoms with Crippen LogP contribution in [0.1, 0.15) is 24.2 Å². The lowest BCUT2D eigenvalue weighted by molar-refractivity contribution is 0.628. The molecule has 0 bridgehead atoms. The minimum atomic E-state index is -0.292. The van der Waals surface area contributed by atoms with Gasteiger partial charge in [0.05, 0.1) is 11.7 Å². The lowest BCUT2D eigenvalue weighted by Crippen LogP contribution is -2.10. The molecular formula is C23H20FN5. The molecule has 0 amide bonds. The summed E-state index contributed by atoms with van der Waals surface area (Å²) in [6.07, 6.45) is 5.21. The molecule has 2 aromatic heterocycles. The molecule has 6 heteroatoms. The van der Waals surface area contributed by atoms with E-state index in [-0.39, 0.29) is 11.9 Å². The van der Waals surface area contributed by atoms with Crippen LogP contribution in [0.4, 0.5) is 10.3 Å². The van der Waals surface area contributed by atoms with Gasteiger partial charge in [0.25, 0.3) is 0 Å². The molecule has 5 nitrogen and oxygen atoms in total. The average molecular weight is 385 g/mol. The normalized spacial score (nSPS) is 11.8. The summed E-state index contributed by atoms with van der Waals surface area (Å²) in [7, 11) is 0. The largest absolute Gasteiger partial charge is 0.348 e. The average Bonchev–Trinajstić information content (AvgIpc) is 3.20. The Morgan fingerprint density at radius 2 is 1.79 bits per heavy atom. The predicted molar refractivity (Wildman–Crippen MR) is 113 cm³/mol. The van der Waals surface area contributed by atoms with Crippen LogP contribution in [0.5, 0.6) is 0 Å². The molecule has 2 aromatic carbocycles. The van der Waals surface area contributed by atoms with Gasteiger partial charge in [0.15, 0.2) is 0 Å². The van der Waals surface area contributed by atoms with E-state index in [1.54, 1.807) is 30.5 Å². The zero-order valence-corrected chi connectivity index (χ0v) is 16.0. The number of hydrogen-bond acceptors (Lipinski definition) is 4. The molecule has 2 heterocycles. The number of imidazole rings is 1. The molecule has 1 unspecified atom stereocenters. The summed E-state index contributed by atoms with van der Waals surface area (Å²) in [5.41, 5.74) is 2.63. The van der Waals surface area contributed by atoms with Crippen molar-refractivity contribution in [3.05, 3.63) is 96.7 Å². The lowest BCUT2D eigenvalue weighted by atomic mass is 10.1. The lowest BCUT2D eigenvalue weighted by Gasteiger charge is -2.15. The summed E-state index contributed by atoms with van der Waals surface area (Å²) < 4.78 is 15.2. The first-order valence-electron chi connectivity index (χ1n) is 9.26. The number of nitrogens with one attached hydrogen (secondary N) is 1. The minimum absolute atomic E-state index is 0.0505. The van der Waals surface area contributed by atoms with Crippen LogP contribution in [0.3, 0.4) is 0 Å². The van der Waals surface area contributed by atoms with E-state index in [0.29, 0.717) is 23.3 Å². The number of hydrogen-bond donors (Lipinski definition) is 1. The molecule has 0 aliphatic heterocycles. The van der Waals surface area contributed by atoms with Gasteiger partial charge in [0.2, 0.25) is 5.95 Å². The first-order valence-corrected chi connectivity index (χ1v) is 9.26. The Bertz CT molecular complexity index is 1120. The summed E-state index contributed by atoms with van der Waals surface area (Å²) in [4.78, 5) is 13.6. The molecule has 0 spiro atoms. The van der Waals surface area contributed by atoms with Crippen LogP contribution in [-0.4, -0.2) is 19.5 Å². The van der Waals surface area contributed by atoms with Crippen LogP contribution in [0.2, 0.25) is 0 Å². The van der Waals surface area contributed by atoms with Gasteiger partial charge in [-0.1, -0.05) is 36.9 Å². The number of aromatic nitrogens is 4. The van der Waals surface area contributed by atoms with Gasteiger partial charge in [-0.2, -0.15) is 4.98 Å². The highest BCUT2D eigenvalue weighted by Gasteiger charge is 2.13. The second kappa shape index (κ2) is 8.06. The smallest absolute Gasteiger partial charge is 0.225 e. The molecule has 4 rings (SSSR count). The van der Waals surface area contributed by atoms with Gasteiger partial charge in [-0.25, -0.2) is 14.4 Å². The molecular weight excluding hydrogens is 365 g/mol. The zero-order chi connectivity index (χ0) is 20.2. The Kier molecular flexibility index (Phi) is 5.16. The van der Waals surface area contributed by atoms with E-state index in [1.165, 1.54) is 12.1 Å². The minimum Gasteiger partial charge on any atom is -0.348 e. The fourth-order valence-electron chi connectivity index (χ4n) is 3.05. The van der Waals surface area contributed by atoms with Gasteiger partial charge in [-0.15, -0.1) is 0 Å². The Morgan fingerprint density at radius 3 is 2.52 bits per heavy atom. The monoisotopic (exact) mass is 385 g/mol. The van der Waals surface area contributed by atoms with Gasteiger partial charge in [-0.05, 0) is 48.9 Å². The maximum absolute atomic E-state index is 13.3. The summed E-state index contributed by atoms with van der Waals surface area (Å²) in [5, 5.41) is 3.33. The van der Waals surface area contributed by atoms with Crippen LogP contribution in [-0.2, 0) is 0 Å². The molecule has 0 aliphatic carbocycles. The molecule has 0 radical (unpaired) electrons. The molecule has 29 heavy (non-hydrogen) atoms. The maximum Gasteiger partial charge on any atom is 0.225 e. The molecule has 0 fully saturated rings. The van der Waals surface area contributed by atoms with Crippen molar-refractivity contribution >= 4 is 12.0 Å². The Morgan fingerprint density at radius 1 is 1.03 bits per heavy atom. The summed E-state index contributed by atoms with van der Waals surface area (Å²) in [6.45, 7) is 5.85. The summed E-state index contributed by atoms with van der Waals surface area (Å²) >= 11 is 0. The third-order valence-electron chi connectivity index (χ3n) is 4.57. The fraction of sp³-hybridized carbons (Fsp3) is 0.0870. The van der Waals surface area contributed by atoms with Gasteiger partial charge in [-0.3, -0.25) is 4.57 Å². The second-order valence-corrected chi connectivity index (χ2v) is 6.59. The Hall–Kier alpha value is -3.80. The summed E-state index contributed by atoms with van der Waals surface area (Å²) in [6, 6.07) is 18.2. The van der Waals surface area contributed by atoms with Gasteiger partial charge < -0.3 is 5.32 Å². The molecule has 1 atom stereocenters. The zero-order valence-electron chi connectivity index (χ0n) is 16.0. The highest BCUT2D eigenvalue weighted by molar-refractivity contribution is 5.61. The number of benzene rings is 2. The number of rotatable bonds is 6. The van der Waals surface area contributed by atoms with E-state index >= 15 is 0 Å². The standard InChI is InChI=1S/C23H20FN5/c1-3-20-15-29(22(27-20)18-9-11-19(24)12-10-18)21-13-14-25-23(28-21)26-16(2)17-7-5-4-6-8-17/h3-16H,1H2,2H3,(H,25,26,28). The van der Waals surface area contributed by atoms with Crippen molar-refractivity contribution in [2.75, 3.05) is 5.32 Å². The summed E-state index contributed by atoms with van der Waals surface area (Å²) in [5.74, 6) is 1.53. The second-order valence-electron chi connectivity index (χ2n) is 6.59. The van der Waals surface area contributed by atoms with E-state index in [2.05, 4.69) is 45.9 Å². The molecule has 1 N–H and O–H groups in total. The fourth-order valence-corrected chi connectivity index (χ4v) is 3.05. The molecule has 0 aliphatic rings. The first-order chi connectivity index (χ1) is 14.1. The highest BCUT2D eigenvalue weighted by atomic mass is 19.1. The molecule has 144 valence electrons. The van der Waals surface area contributed by atoms with Crippen LogP contribution >= 0.6 is 0 Å². The van der Waals surface area contributed by atoms with E-state index in [9.17, 15) is 4.39 Å². The number of anilines is 1. The van der Waals surface area contributed by atoms with Crippen LogP contribution in [0, 0.1) is 5.82 Å². The van der Waals surface area contributed by atoms with E-state index in [4.69, 9.17) is 0 Å². The van der Waals surface area contributed by atoms with Crippen molar-refractivity contribution in [2.45, 2.75) is 13.0 Å². The SMILES string of the molecule is C=Cc1cn(-c2ccnc(NC(C)c3ccccc3)n2)c(-c2ccc(F)cc2)n1. The topological polar surface area (TPSA) is 55.6 Å². The van der Waals surface area contributed by atoms with Crippen molar-refractivity contribution in [1.82, 2.24) is 19.5 Å². The Balaban J connectivity index is 1.68. The van der Waals surface area contributed by atoms with Gasteiger partial charge in [0.1, 0.15) is 17.5 Å². The Labute approximate surface area is 168 Å². The van der Waals surface area contributed by atoms with Gasteiger partial charge in [0, 0.05) is 18.0 Å². The molecule has 4 aromatic rings. The first kappa shape index (κ1) is 18.6. The predicted octanol–water partition coefficient (Wildman–Crippen LogP) is 5.28. The van der Waals surface area contributed by atoms with Crippen molar-refractivity contribution in [1.29, 1.82) is 0 Å². The third kappa shape index (κ3) is 4.06. The number of halogens is 1. The van der Waals surface area contributed by atoms with Crippen LogP contribution < -0.4 is 5.32 Å². The van der Waals surface area contributed by atoms with Crippen molar-refractivity contribution in [2.24, 2.45) is 0 Å². The van der Waals surface area contributed by atoms with Crippen molar-refractivity contribution in [3.8, 4) is 17.2 Å². The van der Waals surface area contributed by atoms with E-state index in [0.717, 1.165) is 11.1 Å². The van der Waals surface area contributed by atoms with Crippen LogP contribution in [0.25, 0.3) is 23.3 Å². The molecule has 0 saturated carbocycles. The van der Waals surface area contributed by atoms with Crippen molar-refractivity contribution in [3.63, 3.8) is 0 Å². The van der Waals surface area contributed by atoms with Gasteiger partial charge >= 0.3 is 0 Å². The maximum atomic E-state index is 13.3. The third-order valence-corrected chi connectivity index (χ3v) is 4.57. The van der Waals surface area contributed by atoms with Crippen LogP contribution in [0.15, 0.2) is 79.6 Å². The van der Waals surface area contributed by atoms with E-state index in [1.807, 2.05) is 29.0 Å². The molecule has 0 saturated heterocycles. The number of nitrogens with zero attached hydrogens (tertiary/aromatic N) is 4. The quantitative estimate of drug-likeness (QED) is 0.490.